The van der Waals surface area contributed by atoms with E-state index >= 15 is 0 Å². The Morgan fingerprint density at radius 2 is 1.98 bits per heavy atom. The Morgan fingerprint density at radius 1 is 1.18 bits per heavy atom. The van der Waals surface area contributed by atoms with Gasteiger partial charge in [-0.1, -0.05) is 28.7 Å². The van der Waals surface area contributed by atoms with Crippen molar-refractivity contribution in [2.24, 2.45) is 22.3 Å². The summed E-state index contributed by atoms with van der Waals surface area (Å²) in [5, 5.41) is 0.738. The monoisotopic (exact) mass is 656 g/mol. The minimum absolute atomic E-state index is 0.0218. The van der Waals surface area contributed by atoms with Gasteiger partial charge in [-0.15, -0.1) is 0 Å². The van der Waals surface area contributed by atoms with Gasteiger partial charge < -0.3 is 23.7 Å². The predicted octanol–water partition coefficient (Wildman–Crippen LogP) is 7.82. The molecule has 244 valence electrons. The summed E-state index contributed by atoms with van der Waals surface area (Å²) >= 11 is 4.80. The van der Waals surface area contributed by atoms with Gasteiger partial charge in [0.2, 0.25) is 0 Å². The van der Waals surface area contributed by atoms with E-state index in [0.717, 1.165) is 61.5 Å². The minimum atomic E-state index is -1.64. The van der Waals surface area contributed by atoms with Crippen LogP contribution >= 0.6 is 11.6 Å². The molecule has 1 heterocycles. The van der Waals surface area contributed by atoms with Crippen molar-refractivity contribution in [1.29, 1.82) is 0 Å². The maximum Gasteiger partial charge on any atom is 0.338 e. The van der Waals surface area contributed by atoms with Gasteiger partial charge in [0.1, 0.15) is 28.5 Å². The molecular weight excluding hydrogens is 612 g/mol. The number of anilines is 1. The number of carbonyl (C=O) groups is 1. The molecule has 5 rings (SSSR count). The number of halogens is 1. The molecule has 0 N–H and O–H groups in total. The summed E-state index contributed by atoms with van der Waals surface area (Å²) in [6.07, 6.45) is 8.83. The number of methoxy groups -OCH3 is 1. The highest BCUT2D eigenvalue weighted by atomic mass is 35.5. The van der Waals surface area contributed by atoms with Crippen molar-refractivity contribution in [3.05, 3.63) is 74.7 Å². The van der Waals surface area contributed by atoms with Gasteiger partial charge >= 0.3 is 5.97 Å². The molecule has 0 aromatic heterocycles. The van der Waals surface area contributed by atoms with Crippen LogP contribution in [0.15, 0.2) is 52.6 Å². The third-order valence-electron chi connectivity index (χ3n) is 9.20. The first-order valence-electron chi connectivity index (χ1n) is 16.0. The van der Waals surface area contributed by atoms with E-state index in [1.54, 1.807) is 13.2 Å². The molecule has 1 saturated carbocycles. The Balaban J connectivity index is 1.43. The van der Waals surface area contributed by atoms with Crippen molar-refractivity contribution in [3.8, 4) is 5.75 Å². The molecule has 3 aliphatic rings. The van der Waals surface area contributed by atoms with Crippen LogP contribution in [-0.4, -0.2) is 48.2 Å². The number of allylic oxidation sites excluding steroid dienone is 1. The first kappa shape index (κ1) is 33.8. The Bertz CT molecular complexity index is 1390. The molecule has 5 atom stereocenters. The Kier molecular flexibility index (Phi) is 11.2. The van der Waals surface area contributed by atoms with Gasteiger partial charge in [0, 0.05) is 31.6 Å². The van der Waals surface area contributed by atoms with Crippen LogP contribution < -0.4 is 9.64 Å². The maximum absolute atomic E-state index is 13.2. The Morgan fingerprint density at radius 3 is 2.67 bits per heavy atom. The number of nitrogens with zero attached hydrogens (tertiary/aromatic N) is 2. The molecule has 2 aromatic carbocycles. The SMILES string of the molecule is CO[C@@H](C1=CC(CC[S+]([O-])N=O)C1)[C@@H]1CC[C@H]1CN1Cc2ccc(Cl)cc2CCCCOc2ccc(C(=O)OC(C)(C)C)cc21. The second-order valence-corrected chi connectivity index (χ2v) is 15.2. The molecule has 0 spiro atoms. The van der Waals surface area contributed by atoms with Crippen molar-refractivity contribution < 1.29 is 23.6 Å². The van der Waals surface area contributed by atoms with Gasteiger partial charge in [0.15, 0.2) is 4.58 Å². The van der Waals surface area contributed by atoms with Crippen molar-refractivity contribution in [2.45, 2.75) is 84.0 Å². The molecule has 0 bridgehead atoms. The second kappa shape index (κ2) is 14.9. The third-order valence-corrected chi connectivity index (χ3v) is 10.2. The summed E-state index contributed by atoms with van der Waals surface area (Å²) in [7, 11) is 1.78. The summed E-state index contributed by atoms with van der Waals surface area (Å²) in [5.41, 5.74) is 4.54. The van der Waals surface area contributed by atoms with Gasteiger partial charge in [-0.25, -0.2) is 4.79 Å². The number of fused-ring (bicyclic) bond motifs is 2. The van der Waals surface area contributed by atoms with E-state index in [0.29, 0.717) is 48.6 Å². The van der Waals surface area contributed by atoms with E-state index in [1.807, 2.05) is 39.0 Å². The average Bonchev–Trinajstić information content (AvgIpc) is 2.99. The highest BCUT2D eigenvalue weighted by Crippen LogP contribution is 2.46. The zero-order chi connectivity index (χ0) is 32.1. The molecule has 45 heavy (non-hydrogen) atoms. The summed E-state index contributed by atoms with van der Waals surface area (Å²) in [4.78, 5) is 26.1. The lowest BCUT2D eigenvalue weighted by molar-refractivity contribution is 0.000675. The van der Waals surface area contributed by atoms with E-state index in [1.165, 1.54) is 16.7 Å². The van der Waals surface area contributed by atoms with Crippen molar-refractivity contribution in [3.63, 3.8) is 0 Å². The average molecular weight is 657 g/mol. The van der Waals surface area contributed by atoms with Gasteiger partial charge in [0.25, 0.3) is 0 Å². The molecule has 1 fully saturated rings. The molecule has 0 amide bonds. The zero-order valence-electron chi connectivity index (χ0n) is 26.8. The lowest BCUT2D eigenvalue weighted by Crippen LogP contribution is -2.45. The number of esters is 1. The molecule has 2 unspecified atom stereocenters. The Labute approximate surface area is 275 Å². The summed E-state index contributed by atoms with van der Waals surface area (Å²) < 4.78 is 32.3. The van der Waals surface area contributed by atoms with Gasteiger partial charge in [-0.05, 0) is 124 Å². The summed E-state index contributed by atoms with van der Waals surface area (Å²) in [5.74, 6) is 1.76. The van der Waals surface area contributed by atoms with Crippen LogP contribution in [0.2, 0.25) is 5.02 Å². The molecule has 0 saturated heterocycles. The normalized spacial score (nSPS) is 23.0. The quantitative estimate of drug-likeness (QED) is 0.111. The maximum atomic E-state index is 13.2. The van der Waals surface area contributed by atoms with Crippen LogP contribution in [0.4, 0.5) is 5.69 Å². The number of aryl methyl sites for hydroxylation is 1. The van der Waals surface area contributed by atoms with Crippen LogP contribution in [-0.2, 0) is 33.8 Å². The number of nitroso groups, excluding NO2 is 1. The molecular formula is C35H45ClN2O6S. The molecule has 2 aromatic rings. The van der Waals surface area contributed by atoms with E-state index in [-0.39, 0.29) is 12.1 Å². The number of rotatable bonds is 10. The standard InChI is InChI=1S/C35H45ClN2O6S/c1-35(2,3)44-34(39)25-10-13-32-31(20-25)38(21-26-8-11-29(36)19-24(26)7-5-6-15-43-32)22-27-9-12-30(27)33(42-4)28-17-23(18-28)14-16-45(41)37-40/h8,10-11,13,17,19-20,23,27,30,33H,5-7,9,12,14-16,18,21-22H2,1-4H3/t23?,27-,30+,33-,45?/m0/s1. The summed E-state index contributed by atoms with van der Waals surface area (Å²) in [6, 6.07) is 11.8. The van der Waals surface area contributed by atoms with Crippen molar-refractivity contribution in [2.75, 3.05) is 30.9 Å². The van der Waals surface area contributed by atoms with E-state index in [4.69, 9.17) is 25.8 Å². The highest BCUT2D eigenvalue weighted by molar-refractivity contribution is 7.89. The van der Waals surface area contributed by atoms with Gasteiger partial charge in [-0.2, -0.15) is 0 Å². The fourth-order valence-electron chi connectivity index (χ4n) is 6.75. The second-order valence-electron chi connectivity index (χ2n) is 13.5. The molecule has 0 radical (unpaired) electrons. The predicted molar refractivity (Wildman–Crippen MR) is 179 cm³/mol. The topological polar surface area (TPSA) is 100 Å². The smallest absolute Gasteiger partial charge is 0.338 e. The van der Waals surface area contributed by atoms with Crippen LogP contribution in [0.25, 0.3) is 0 Å². The zero-order valence-corrected chi connectivity index (χ0v) is 28.3. The van der Waals surface area contributed by atoms with Gasteiger partial charge in [0.05, 0.1) is 24.0 Å². The third kappa shape index (κ3) is 8.61. The van der Waals surface area contributed by atoms with E-state index in [2.05, 4.69) is 27.7 Å². The van der Waals surface area contributed by atoms with Gasteiger partial charge in [-0.3, -0.25) is 0 Å². The molecule has 8 nitrogen and oxygen atoms in total. The fourth-order valence-corrected chi connectivity index (χ4v) is 7.52. The fraction of sp³-hybridized carbons (Fsp3) is 0.571. The van der Waals surface area contributed by atoms with Crippen LogP contribution in [0.3, 0.4) is 0 Å². The largest absolute Gasteiger partial charge is 0.589 e. The van der Waals surface area contributed by atoms with E-state index < -0.39 is 17.0 Å². The lowest BCUT2D eigenvalue weighted by atomic mass is 9.65. The first-order valence-corrected chi connectivity index (χ1v) is 17.7. The Hall–Kier alpha value is -2.59. The number of ether oxygens (including phenoxy) is 3. The number of hydrogen-bond acceptors (Lipinski definition) is 8. The molecule has 2 aliphatic carbocycles. The van der Waals surface area contributed by atoms with E-state index in [9.17, 15) is 14.3 Å². The van der Waals surface area contributed by atoms with Crippen LogP contribution in [0, 0.1) is 22.7 Å². The summed E-state index contributed by atoms with van der Waals surface area (Å²) in [6.45, 7) is 7.65. The molecule has 10 heteroatoms. The molecule has 1 aliphatic heterocycles. The van der Waals surface area contributed by atoms with Crippen molar-refractivity contribution in [1.82, 2.24) is 0 Å². The number of carbonyl (C=O) groups excluding carboxylic acids is 1. The number of hydrogen-bond donors (Lipinski definition) is 0. The lowest BCUT2D eigenvalue weighted by Gasteiger charge is -2.46. The number of benzene rings is 2. The highest BCUT2D eigenvalue weighted by Gasteiger charge is 2.42. The first-order chi connectivity index (χ1) is 21.5. The minimum Gasteiger partial charge on any atom is -0.589 e. The van der Waals surface area contributed by atoms with Crippen LogP contribution in [0.5, 0.6) is 5.75 Å². The van der Waals surface area contributed by atoms with Crippen LogP contribution in [0.1, 0.15) is 80.8 Å². The van der Waals surface area contributed by atoms with Crippen molar-refractivity contribution >= 4 is 34.6 Å².